The summed E-state index contributed by atoms with van der Waals surface area (Å²) < 4.78 is 0. The van der Waals surface area contributed by atoms with Gasteiger partial charge in [0.25, 0.3) is 0 Å². The van der Waals surface area contributed by atoms with Gasteiger partial charge in [-0.25, -0.2) is 0 Å². The van der Waals surface area contributed by atoms with Crippen LogP contribution < -0.4 is 16.0 Å². The smallest absolute Gasteiger partial charge is 0.233 e. The Morgan fingerprint density at radius 1 is 1.11 bits per heavy atom. The monoisotopic (exact) mass is 400 g/mol. The van der Waals surface area contributed by atoms with Crippen LogP contribution in [0.2, 0.25) is 0 Å². The van der Waals surface area contributed by atoms with Gasteiger partial charge in [0.15, 0.2) is 0 Å². The Kier molecular flexibility index (Phi) is 20.2. The van der Waals surface area contributed by atoms with Crippen molar-refractivity contribution in [3.05, 3.63) is 0 Å². The average molecular weight is 401 g/mol. The van der Waals surface area contributed by atoms with E-state index in [1.165, 1.54) is 0 Å². The van der Waals surface area contributed by atoms with Crippen LogP contribution >= 0.6 is 0 Å². The highest BCUT2D eigenvalue weighted by Gasteiger charge is 2.27. The summed E-state index contributed by atoms with van der Waals surface area (Å²) in [4.78, 5) is 45.7. The van der Waals surface area contributed by atoms with E-state index in [2.05, 4.69) is 16.0 Å². The van der Waals surface area contributed by atoms with Gasteiger partial charge in [-0.05, 0) is 46.7 Å². The van der Waals surface area contributed by atoms with E-state index in [-0.39, 0.29) is 23.6 Å². The van der Waals surface area contributed by atoms with E-state index in [0.717, 1.165) is 32.1 Å². The third-order valence-electron chi connectivity index (χ3n) is 4.04. The largest absolute Gasteiger partial charge is 0.355 e. The number of likely N-dealkylation sites (N-methyl/N-ethyl adjacent to an activating group) is 2. The highest BCUT2D eigenvalue weighted by molar-refractivity contribution is 5.79. The van der Waals surface area contributed by atoms with E-state index in [4.69, 9.17) is 0 Å². The molecule has 0 aromatic rings. The van der Waals surface area contributed by atoms with Crippen molar-refractivity contribution in [3.63, 3.8) is 0 Å². The minimum atomic E-state index is -0.0505. The zero-order valence-electron chi connectivity index (χ0n) is 18.3. The molecule has 0 aliphatic carbocycles. The van der Waals surface area contributed by atoms with Gasteiger partial charge in [-0.3, -0.25) is 9.59 Å². The SMILES string of the molecule is CC.CNCC(=O)NCCCC(=O)N1CCC[C@H]1CCC(C)=O.CNCC=O. The van der Waals surface area contributed by atoms with Crippen molar-refractivity contribution in [3.8, 4) is 0 Å². The van der Waals surface area contributed by atoms with Crippen LogP contribution in [0.15, 0.2) is 0 Å². The van der Waals surface area contributed by atoms with Crippen molar-refractivity contribution in [2.45, 2.75) is 65.3 Å². The number of hydrogen-bond donors (Lipinski definition) is 3. The number of nitrogens with zero attached hydrogens (tertiary/aromatic N) is 1. The Morgan fingerprint density at radius 3 is 2.29 bits per heavy atom. The molecule has 164 valence electrons. The molecule has 1 aliphatic heterocycles. The van der Waals surface area contributed by atoms with Gasteiger partial charge in [-0.2, -0.15) is 0 Å². The van der Waals surface area contributed by atoms with Gasteiger partial charge in [-0.15, -0.1) is 0 Å². The number of aldehydes is 1. The lowest BCUT2D eigenvalue weighted by Gasteiger charge is -2.24. The van der Waals surface area contributed by atoms with Gasteiger partial charge in [0.05, 0.1) is 13.1 Å². The minimum Gasteiger partial charge on any atom is -0.355 e. The molecule has 1 heterocycles. The number of carbonyl (C=O) groups is 4. The van der Waals surface area contributed by atoms with Crippen LogP contribution in [0.4, 0.5) is 0 Å². The number of likely N-dealkylation sites (tertiary alicyclic amines) is 1. The Labute approximate surface area is 170 Å². The van der Waals surface area contributed by atoms with Gasteiger partial charge in [-0.1, -0.05) is 13.8 Å². The molecule has 1 saturated heterocycles. The maximum absolute atomic E-state index is 12.2. The third-order valence-corrected chi connectivity index (χ3v) is 4.04. The van der Waals surface area contributed by atoms with Crippen molar-refractivity contribution < 1.29 is 19.2 Å². The number of carbonyl (C=O) groups excluding carboxylic acids is 4. The summed E-state index contributed by atoms with van der Waals surface area (Å²) in [5.41, 5.74) is 0. The molecule has 0 aromatic carbocycles. The number of nitrogens with one attached hydrogen (secondary N) is 3. The molecule has 1 rings (SSSR count). The summed E-state index contributed by atoms with van der Waals surface area (Å²) in [5.74, 6) is 0.274. The first-order valence-corrected chi connectivity index (χ1v) is 10.2. The Bertz CT molecular complexity index is 444. The molecule has 2 amide bonds. The second-order valence-corrected chi connectivity index (χ2v) is 6.33. The van der Waals surface area contributed by atoms with E-state index >= 15 is 0 Å². The van der Waals surface area contributed by atoms with Crippen LogP contribution in [-0.2, 0) is 19.2 Å². The molecule has 1 fully saturated rings. The number of Topliss-reactive ketones (excluding diaryl/α,β-unsaturated/α-hetero) is 1. The van der Waals surface area contributed by atoms with Gasteiger partial charge in [0.1, 0.15) is 12.1 Å². The van der Waals surface area contributed by atoms with Crippen molar-refractivity contribution in [2.75, 3.05) is 40.3 Å². The van der Waals surface area contributed by atoms with Crippen molar-refractivity contribution in [1.29, 1.82) is 0 Å². The maximum Gasteiger partial charge on any atom is 0.233 e. The molecule has 1 aliphatic rings. The first-order chi connectivity index (χ1) is 13.5. The molecule has 0 radical (unpaired) electrons. The first-order valence-electron chi connectivity index (χ1n) is 10.2. The highest BCUT2D eigenvalue weighted by atomic mass is 16.2. The van der Waals surface area contributed by atoms with E-state index in [0.29, 0.717) is 38.9 Å². The van der Waals surface area contributed by atoms with Crippen LogP contribution in [-0.4, -0.2) is 75.1 Å². The van der Waals surface area contributed by atoms with E-state index in [9.17, 15) is 19.2 Å². The normalized spacial score (nSPS) is 14.9. The number of rotatable bonds is 11. The quantitative estimate of drug-likeness (QED) is 0.351. The lowest BCUT2D eigenvalue weighted by molar-refractivity contribution is -0.132. The molecule has 8 heteroatoms. The predicted molar refractivity (Wildman–Crippen MR) is 112 cm³/mol. The summed E-state index contributed by atoms with van der Waals surface area (Å²) in [6.07, 6.45) is 5.28. The van der Waals surface area contributed by atoms with Gasteiger partial charge < -0.3 is 30.4 Å². The fraction of sp³-hybridized carbons (Fsp3) is 0.800. The molecule has 28 heavy (non-hydrogen) atoms. The second kappa shape index (κ2) is 19.9. The van der Waals surface area contributed by atoms with Crippen LogP contribution in [0.1, 0.15) is 59.3 Å². The van der Waals surface area contributed by atoms with Gasteiger partial charge in [0, 0.05) is 32.0 Å². The molecule has 3 N–H and O–H groups in total. The van der Waals surface area contributed by atoms with E-state index < -0.39 is 0 Å². The standard InChI is InChI=1S/C15H27N3O3.C3H7NO.C2H6/c1-12(19)7-8-13-5-4-10-18(13)15(21)6-3-9-17-14(20)11-16-2;1-4-2-3-5;1-2/h13,16H,3-11H2,1-2H3,(H,17,20);3-4H,2H2,1H3;1-2H3/t13-;;/m0../s1. The Morgan fingerprint density at radius 2 is 1.79 bits per heavy atom. The molecule has 0 aromatic heterocycles. The van der Waals surface area contributed by atoms with Crippen molar-refractivity contribution in [2.24, 2.45) is 0 Å². The first kappa shape index (κ1) is 28.4. The van der Waals surface area contributed by atoms with Gasteiger partial charge >= 0.3 is 0 Å². The number of amides is 2. The van der Waals surface area contributed by atoms with E-state index in [1.807, 2.05) is 18.7 Å². The van der Waals surface area contributed by atoms with Crippen molar-refractivity contribution in [1.82, 2.24) is 20.9 Å². The summed E-state index contributed by atoms with van der Waals surface area (Å²) in [6, 6.07) is 0.222. The highest BCUT2D eigenvalue weighted by Crippen LogP contribution is 2.22. The number of hydrogen-bond acceptors (Lipinski definition) is 6. The Balaban J connectivity index is 0. The molecule has 0 unspecified atom stereocenters. The van der Waals surface area contributed by atoms with E-state index in [1.54, 1.807) is 21.0 Å². The minimum absolute atomic E-state index is 0.0505. The second-order valence-electron chi connectivity index (χ2n) is 6.33. The molecule has 0 bridgehead atoms. The lowest BCUT2D eigenvalue weighted by atomic mass is 10.1. The van der Waals surface area contributed by atoms with Crippen molar-refractivity contribution >= 4 is 23.9 Å². The molecule has 0 spiro atoms. The zero-order valence-corrected chi connectivity index (χ0v) is 18.3. The fourth-order valence-electron chi connectivity index (χ4n) is 2.75. The summed E-state index contributed by atoms with van der Waals surface area (Å²) in [5, 5.41) is 8.19. The fourth-order valence-corrected chi connectivity index (χ4v) is 2.75. The predicted octanol–water partition coefficient (Wildman–Crippen LogP) is 0.893. The third kappa shape index (κ3) is 15.3. The molecular formula is C20H40N4O4. The van der Waals surface area contributed by atoms with Gasteiger partial charge in [0.2, 0.25) is 11.8 Å². The van der Waals surface area contributed by atoms with Crippen LogP contribution in [0.5, 0.6) is 0 Å². The topological polar surface area (TPSA) is 108 Å². The summed E-state index contributed by atoms with van der Waals surface area (Å²) in [7, 11) is 3.45. The lowest BCUT2D eigenvalue weighted by Crippen LogP contribution is -2.37. The molecule has 1 atom stereocenters. The maximum atomic E-state index is 12.2. The molecule has 0 saturated carbocycles. The zero-order chi connectivity index (χ0) is 21.8. The summed E-state index contributed by atoms with van der Waals surface area (Å²) >= 11 is 0. The average Bonchev–Trinajstić information content (AvgIpc) is 3.15. The Hall–Kier alpha value is -1.80. The number of ketones is 1. The van der Waals surface area contributed by atoms with Crippen LogP contribution in [0, 0.1) is 0 Å². The summed E-state index contributed by atoms with van der Waals surface area (Å²) in [6.45, 7) is 7.67. The van der Waals surface area contributed by atoms with Crippen LogP contribution in [0.3, 0.4) is 0 Å². The molecular weight excluding hydrogens is 360 g/mol. The molecule has 8 nitrogen and oxygen atoms in total. The van der Waals surface area contributed by atoms with Crippen LogP contribution in [0.25, 0.3) is 0 Å².